The van der Waals surface area contributed by atoms with E-state index in [-0.39, 0.29) is 0 Å². The van der Waals surface area contributed by atoms with Crippen LogP contribution >= 0.6 is 0 Å². The minimum absolute atomic E-state index is 0.532. The predicted octanol–water partition coefficient (Wildman–Crippen LogP) is 2.85. The van der Waals surface area contributed by atoms with Gasteiger partial charge in [-0.05, 0) is 51.4 Å². The van der Waals surface area contributed by atoms with Gasteiger partial charge in [-0.15, -0.1) is 0 Å². The van der Waals surface area contributed by atoms with Gasteiger partial charge >= 0.3 is 0 Å². The van der Waals surface area contributed by atoms with E-state index in [0.29, 0.717) is 12.0 Å². The Hall–Kier alpha value is -1.72. The van der Waals surface area contributed by atoms with E-state index in [0.717, 1.165) is 36.5 Å². The molecule has 4 rings (SSSR count). The second-order valence-corrected chi connectivity index (χ2v) is 7.06. The molecule has 1 aromatic heterocycles. The van der Waals surface area contributed by atoms with E-state index in [4.69, 9.17) is 4.74 Å². The zero-order valence-electron chi connectivity index (χ0n) is 14.4. The highest BCUT2D eigenvalue weighted by molar-refractivity contribution is 5.89. The van der Waals surface area contributed by atoms with Crippen LogP contribution in [0.25, 0.3) is 10.9 Å². The van der Waals surface area contributed by atoms with Crippen molar-refractivity contribution in [3.63, 3.8) is 0 Å². The van der Waals surface area contributed by atoms with Crippen LogP contribution in [0, 0.1) is 12.8 Å². The summed E-state index contributed by atoms with van der Waals surface area (Å²) in [5, 5.41) is 4.73. The molecule has 2 saturated heterocycles. The molecule has 0 unspecified atom stereocenters. The molecule has 2 aromatic rings. The smallest absolute Gasteiger partial charge is 0.137 e. The van der Waals surface area contributed by atoms with Gasteiger partial charge in [0, 0.05) is 30.5 Å². The van der Waals surface area contributed by atoms with Crippen LogP contribution in [0.2, 0.25) is 0 Å². The lowest BCUT2D eigenvalue weighted by atomic mass is 9.97. The minimum atomic E-state index is 0.532. The number of likely N-dealkylation sites (tertiary alicyclic amines) is 1. The standard InChI is InChI=1S/C19H26N4O/c1-14-4-5-17-16(10-14)19(22-13-21-17)20-11-18(15-6-9-24-12-15)23-7-2-3-8-23/h4-5,10,13,15,18H,2-3,6-9,11-12H2,1H3,(H,20,21,22)/t15-,18+/m1/s1. The van der Waals surface area contributed by atoms with Gasteiger partial charge in [0.1, 0.15) is 12.1 Å². The van der Waals surface area contributed by atoms with Gasteiger partial charge in [0.2, 0.25) is 0 Å². The summed E-state index contributed by atoms with van der Waals surface area (Å²) in [6.45, 7) is 7.27. The molecule has 0 aliphatic carbocycles. The maximum absolute atomic E-state index is 5.66. The molecule has 0 saturated carbocycles. The summed E-state index contributed by atoms with van der Waals surface area (Å²) in [6, 6.07) is 6.87. The number of nitrogens with zero attached hydrogens (tertiary/aromatic N) is 3. The van der Waals surface area contributed by atoms with Crippen molar-refractivity contribution in [1.82, 2.24) is 14.9 Å². The van der Waals surface area contributed by atoms with Crippen LogP contribution in [0.3, 0.4) is 0 Å². The molecule has 2 aliphatic heterocycles. The first kappa shape index (κ1) is 15.8. The average Bonchev–Trinajstić information content (AvgIpc) is 3.29. The van der Waals surface area contributed by atoms with Gasteiger partial charge in [-0.25, -0.2) is 9.97 Å². The largest absolute Gasteiger partial charge is 0.381 e. The Morgan fingerprint density at radius 2 is 2.17 bits per heavy atom. The lowest BCUT2D eigenvalue weighted by Gasteiger charge is -2.32. The number of benzene rings is 1. The maximum Gasteiger partial charge on any atom is 0.137 e. The van der Waals surface area contributed by atoms with Crippen LogP contribution in [0.4, 0.5) is 5.82 Å². The SMILES string of the molecule is Cc1ccc2ncnc(NC[C@@H]([C@@H]3CCOC3)N3CCCC3)c2c1. The third-order valence-corrected chi connectivity index (χ3v) is 5.39. The van der Waals surface area contributed by atoms with Crippen LogP contribution in [-0.4, -0.2) is 53.8 Å². The van der Waals surface area contributed by atoms with E-state index >= 15 is 0 Å². The highest BCUT2D eigenvalue weighted by Crippen LogP contribution is 2.26. The van der Waals surface area contributed by atoms with Gasteiger partial charge in [-0.1, -0.05) is 11.6 Å². The molecule has 0 bridgehead atoms. The molecule has 2 fully saturated rings. The zero-order chi connectivity index (χ0) is 16.4. The second-order valence-electron chi connectivity index (χ2n) is 7.06. The monoisotopic (exact) mass is 326 g/mol. The van der Waals surface area contributed by atoms with E-state index in [1.54, 1.807) is 6.33 Å². The number of fused-ring (bicyclic) bond motifs is 1. The molecule has 128 valence electrons. The number of aromatic nitrogens is 2. The normalized spacial score (nSPS) is 23.0. The summed E-state index contributed by atoms with van der Waals surface area (Å²) in [4.78, 5) is 11.5. The first-order valence-corrected chi connectivity index (χ1v) is 9.08. The van der Waals surface area contributed by atoms with Gasteiger partial charge in [0.05, 0.1) is 12.1 Å². The Bertz CT molecular complexity index is 677. The van der Waals surface area contributed by atoms with Crippen LogP contribution < -0.4 is 5.32 Å². The van der Waals surface area contributed by atoms with Crippen molar-refractivity contribution in [3.05, 3.63) is 30.1 Å². The summed E-state index contributed by atoms with van der Waals surface area (Å²) in [6.07, 6.45) is 5.47. The maximum atomic E-state index is 5.66. The van der Waals surface area contributed by atoms with E-state index in [2.05, 4.69) is 45.3 Å². The molecule has 3 heterocycles. The van der Waals surface area contributed by atoms with E-state index in [9.17, 15) is 0 Å². The van der Waals surface area contributed by atoms with Gasteiger partial charge < -0.3 is 10.1 Å². The number of rotatable bonds is 5. The van der Waals surface area contributed by atoms with Crippen molar-refractivity contribution in [2.45, 2.75) is 32.2 Å². The van der Waals surface area contributed by atoms with Crippen molar-refractivity contribution in [2.75, 3.05) is 38.2 Å². The van der Waals surface area contributed by atoms with Crippen LogP contribution in [0.15, 0.2) is 24.5 Å². The van der Waals surface area contributed by atoms with Gasteiger partial charge in [-0.3, -0.25) is 4.90 Å². The molecule has 0 amide bonds. The second kappa shape index (κ2) is 7.03. The van der Waals surface area contributed by atoms with Crippen molar-refractivity contribution < 1.29 is 4.74 Å². The lowest BCUT2D eigenvalue weighted by molar-refractivity contribution is 0.142. The first-order valence-electron chi connectivity index (χ1n) is 9.08. The molecule has 0 radical (unpaired) electrons. The Morgan fingerprint density at radius 3 is 2.96 bits per heavy atom. The predicted molar refractivity (Wildman–Crippen MR) is 96.3 cm³/mol. The van der Waals surface area contributed by atoms with Crippen molar-refractivity contribution in [1.29, 1.82) is 0 Å². The summed E-state index contributed by atoms with van der Waals surface area (Å²) < 4.78 is 5.66. The average molecular weight is 326 g/mol. The van der Waals surface area contributed by atoms with E-state index in [1.165, 1.54) is 37.9 Å². The highest BCUT2D eigenvalue weighted by Gasteiger charge is 2.31. The molecule has 2 atom stereocenters. The van der Waals surface area contributed by atoms with Gasteiger partial charge in [0.25, 0.3) is 0 Å². The highest BCUT2D eigenvalue weighted by atomic mass is 16.5. The molecule has 2 aliphatic rings. The summed E-state index contributed by atoms with van der Waals surface area (Å²) in [7, 11) is 0. The Labute approximate surface area is 143 Å². The van der Waals surface area contributed by atoms with Crippen LogP contribution in [0.5, 0.6) is 0 Å². The fraction of sp³-hybridized carbons (Fsp3) is 0.579. The fourth-order valence-corrected chi connectivity index (χ4v) is 4.04. The van der Waals surface area contributed by atoms with Gasteiger partial charge in [-0.2, -0.15) is 0 Å². The number of nitrogens with one attached hydrogen (secondary N) is 1. The quantitative estimate of drug-likeness (QED) is 0.915. The Kier molecular flexibility index (Phi) is 4.63. The fourth-order valence-electron chi connectivity index (χ4n) is 4.04. The molecule has 0 spiro atoms. The molecule has 1 N–H and O–H groups in total. The molecular weight excluding hydrogens is 300 g/mol. The van der Waals surface area contributed by atoms with E-state index < -0.39 is 0 Å². The lowest BCUT2D eigenvalue weighted by Crippen LogP contribution is -2.44. The Morgan fingerprint density at radius 1 is 1.29 bits per heavy atom. The topological polar surface area (TPSA) is 50.3 Å². The van der Waals surface area contributed by atoms with Crippen LogP contribution in [-0.2, 0) is 4.74 Å². The number of anilines is 1. The molecule has 1 aromatic carbocycles. The summed E-state index contributed by atoms with van der Waals surface area (Å²) in [5.41, 5.74) is 2.24. The number of hydrogen-bond acceptors (Lipinski definition) is 5. The summed E-state index contributed by atoms with van der Waals surface area (Å²) in [5.74, 6) is 1.58. The first-order chi connectivity index (χ1) is 11.8. The molecule has 24 heavy (non-hydrogen) atoms. The summed E-state index contributed by atoms with van der Waals surface area (Å²) >= 11 is 0. The van der Waals surface area contributed by atoms with Gasteiger partial charge in [0.15, 0.2) is 0 Å². The van der Waals surface area contributed by atoms with Crippen LogP contribution in [0.1, 0.15) is 24.8 Å². The van der Waals surface area contributed by atoms with Crippen molar-refractivity contribution in [3.8, 4) is 0 Å². The van der Waals surface area contributed by atoms with E-state index in [1.807, 2.05) is 0 Å². The Balaban J connectivity index is 1.54. The van der Waals surface area contributed by atoms with Crippen molar-refractivity contribution in [2.24, 2.45) is 5.92 Å². The minimum Gasteiger partial charge on any atom is -0.381 e. The third kappa shape index (κ3) is 3.23. The molecule has 5 heteroatoms. The third-order valence-electron chi connectivity index (χ3n) is 5.39. The molecular formula is C19H26N4O. The number of ether oxygens (including phenoxy) is 1. The molecule has 5 nitrogen and oxygen atoms in total. The zero-order valence-corrected chi connectivity index (χ0v) is 14.4. The van der Waals surface area contributed by atoms with Crippen molar-refractivity contribution >= 4 is 16.7 Å². The number of aryl methyl sites for hydroxylation is 1. The number of hydrogen-bond donors (Lipinski definition) is 1.